The molecule has 1 saturated carbocycles. The highest BCUT2D eigenvalue weighted by atomic mass is 79.9. The predicted octanol–water partition coefficient (Wildman–Crippen LogP) is 4.02. The van der Waals surface area contributed by atoms with E-state index in [-0.39, 0.29) is 5.91 Å². The van der Waals surface area contributed by atoms with Gasteiger partial charge in [0.1, 0.15) is 0 Å². The molecule has 0 unspecified atom stereocenters. The second-order valence-corrected chi connectivity index (χ2v) is 6.52. The van der Waals surface area contributed by atoms with Crippen LogP contribution in [-0.4, -0.2) is 23.4 Å². The summed E-state index contributed by atoms with van der Waals surface area (Å²) in [6, 6.07) is 6.40. The number of carbonyl (C=O) groups excluding carboxylic acids is 1. The van der Waals surface area contributed by atoms with E-state index in [1.165, 1.54) is 0 Å². The first-order chi connectivity index (χ1) is 8.47. The van der Waals surface area contributed by atoms with Crippen LogP contribution in [0.25, 0.3) is 0 Å². The van der Waals surface area contributed by atoms with Crippen molar-refractivity contribution in [3.63, 3.8) is 0 Å². The lowest BCUT2D eigenvalue weighted by Crippen LogP contribution is -2.36. The summed E-state index contributed by atoms with van der Waals surface area (Å²) in [4.78, 5) is 14.6. The van der Waals surface area contributed by atoms with Gasteiger partial charge in [0, 0.05) is 22.6 Å². The van der Waals surface area contributed by atoms with Gasteiger partial charge in [0.25, 0.3) is 5.91 Å². The van der Waals surface area contributed by atoms with Crippen molar-refractivity contribution in [1.82, 2.24) is 4.90 Å². The van der Waals surface area contributed by atoms with Crippen LogP contribution in [0.1, 0.15) is 42.6 Å². The number of halogens is 1. The van der Waals surface area contributed by atoms with E-state index in [1.807, 2.05) is 30.0 Å². The number of amides is 1. The topological polar surface area (TPSA) is 20.3 Å². The molecule has 18 heavy (non-hydrogen) atoms. The van der Waals surface area contributed by atoms with Gasteiger partial charge in [-0.15, -0.1) is 0 Å². The molecule has 2 nitrogen and oxygen atoms in total. The number of carbonyl (C=O) groups is 1. The number of rotatable bonds is 4. The lowest BCUT2D eigenvalue weighted by Gasteiger charge is -2.24. The average molecular weight is 310 g/mol. The van der Waals surface area contributed by atoms with Gasteiger partial charge in [0.15, 0.2) is 0 Å². The Labute approximate surface area is 117 Å². The highest BCUT2D eigenvalue weighted by molar-refractivity contribution is 9.10. The quantitative estimate of drug-likeness (QED) is 0.822. The van der Waals surface area contributed by atoms with E-state index in [0.29, 0.717) is 12.0 Å². The summed E-state index contributed by atoms with van der Waals surface area (Å²) in [5.74, 6) is 0.693. The van der Waals surface area contributed by atoms with Crippen LogP contribution in [0.4, 0.5) is 0 Å². The number of benzene rings is 1. The molecular formula is C15H20BrNO. The van der Waals surface area contributed by atoms with Crippen molar-refractivity contribution < 1.29 is 4.79 Å². The first kappa shape index (κ1) is 13.6. The van der Waals surface area contributed by atoms with Crippen LogP contribution in [0, 0.1) is 12.8 Å². The summed E-state index contributed by atoms with van der Waals surface area (Å²) >= 11 is 3.46. The third-order valence-corrected chi connectivity index (χ3v) is 3.56. The van der Waals surface area contributed by atoms with E-state index >= 15 is 0 Å². The maximum Gasteiger partial charge on any atom is 0.254 e. The normalized spacial score (nSPS) is 14.9. The van der Waals surface area contributed by atoms with Gasteiger partial charge in [0.05, 0.1) is 0 Å². The molecule has 2 rings (SSSR count). The van der Waals surface area contributed by atoms with Crippen molar-refractivity contribution >= 4 is 21.8 Å². The second-order valence-electron chi connectivity index (χ2n) is 5.60. The van der Waals surface area contributed by atoms with Gasteiger partial charge in [-0.1, -0.05) is 29.8 Å². The molecule has 0 radical (unpaired) electrons. The van der Waals surface area contributed by atoms with Gasteiger partial charge < -0.3 is 4.90 Å². The van der Waals surface area contributed by atoms with E-state index < -0.39 is 0 Å². The lowest BCUT2D eigenvalue weighted by molar-refractivity contribution is 0.0722. The van der Waals surface area contributed by atoms with Gasteiger partial charge in [-0.25, -0.2) is 0 Å². The Morgan fingerprint density at radius 1 is 1.39 bits per heavy atom. The third kappa shape index (κ3) is 3.35. The van der Waals surface area contributed by atoms with Crippen LogP contribution >= 0.6 is 15.9 Å². The first-order valence-corrected chi connectivity index (χ1v) is 7.35. The molecule has 1 fully saturated rings. The zero-order valence-corrected chi connectivity index (χ0v) is 12.8. The summed E-state index contributed by atoms with van der Waals surface area (Å²) in [7, 11) is 0. The Morgan fingerprint density at radius 2 is 2.06 bits per heavy atom. The number of hydrogen-bond acceptors (Lipinski definition) is 1. The van der Waals surface area contributed by atoms with Gasteiger partial charge in [-0.2, -0.15) is 0 Å². The molecule has 1 aliphatic rings. The fraction of sp³-hybridized carbons (Fsp3) is 0.533. The van der Waals surface area contributed by atoms with Crippen molar-refractivity contribution in [3.05, 3.63) is 33.8 Å². The maximum atomic E-state index is 12.6. The standard InChI is InChI=1S/C15H20BrNO/c1-10(2)9-17(14-4-5-14)15(18)12-6-11(3)7-13(16)8-12/h6-8,10,14H,4-5,9H2,1-3H3. The molecular weight excluding hydrogens is 290 g/mol. The molecule has 3 heteroatoms. The zero-order chi connectivity index (χ0) is 13.3. The van der Waals surface area contributed by atoms with Gasteiger partial charge in [-0.05, 0) is 49.4 Å². The number of aryl methyl sites for hydroxylation is 1. The molecule has 0 atom stereocenters. The van der Waals surface area contributed by atoms with Crippen molar-refractivity contribution in [2.75, 3.05) is 6.54 Å². The molecule has 1 aliphatic carbocycles. The Balaban J connectivity index is 2.21. The van der Waals surface area contributed by atoms with Crippen LogP contribution in [0.15, 0.2) is 22.7 Å². The van der Waals surface area contributed by atoms with E-state index in [9.17, 15) is 4.79 Å². The molecule has 1 amide bonds. The molecule has 0 bridgehead atoms. The van der Waals surface area contributed by atoms with Crippen molar-refractivity contribution in [3.8, 4) is 0 Å². The minimum absolute atomic E-state index is 0.176. The molecule has 0 saturated heterocycles. The Kier molecular flexibility index (Phi) is 4.10. The maximum absolute atomic E-state index is 12.6. The summed E-state index contributed by atoms with van der Waals surface area (Å²) in [6.45, 7) is 7.20. The van der Waals surface area contributed by atoms with Crippen LogP contribution in [0.3, 0.4) is 0 Å². The third-order valence-electron chi connectivity index (χ3n) is 3.10. The minimum Gasteiger partial charge on any atom is -0.335 e. The smallest absolute Gasteiger partial charge is 0.254 e. The summed E-state index contributed by atoms with van der Waals surface area (Å²) in [5, 5.41) is 0. The molecule has 0 spiro atoms. The van der Waals surface area contributed by atoms with Gasteiger partial charge in [0.2, 0.25) is 0 Å². The summed E-state index contributed by atoms with van der Waals surface area (Å²) in [6.07, 6.45) is 2.32. The first-order valence-electron chi connectivity index (χ1n) is 6.55. The molecule has 1 aromatic rings. The van der Waals surface area contributed by atoms with E-state index in [4.69, 9.17) is 0 Å². The second kappa shape index (κ2) is 5.43. The van der Waals surface area contributed by atoms with Crippen LogP contribution in [0.2, 0.25) is 0 Å². The zero-order valence-electron chi connectivity index (χ0n) is 11.2. The summed E-state index contributed by atoms with van der Waals surface area (Å²) < 4.78 is 0.978. The van der Waals surface area contributed by atoms with Crippen LogP contribution in [-0.2, 0) is 0 Å². The fourth-order valence-electron chi connectivity index (χ4n) is 2.20. The highest BCUT2D eigenvalue weighted by Crippen LogP contribution is 2.29. The number of nitrogens with zero attached hydrogens (tertiary/aromatic N) is 1. The lowest BCUT2D eigenvalue weighted by atomic mass is 10.1. The van der Waals surface area contributed by atoms with Gasteiger partial charge >= 0.3 is 0 Å². The molecule has 0 aromatic heterocycles. The van der Waals surface area contributed by atoms with E-state index in [2.05, 4.69) is 29.8 Å². The monoisotopic (exact) mass is 309 g/mol. The molecule has 0 N–H and O–H groups in total. The molecule has 98 valence electrons. The van der Waals surface area contributed by atoms with E-state index in [0.717, 1.165) is 35.0 Å². The highest BCUT2D eigenvalue weighted by Gasteiger charge is 2.33. The van der Waals surface area contributed by atoms with Crippen LogP contribution < -0.4 is 0 Å². The fourth-order valence-corrected chi connectivity index (χ4v) is 2.81. The molecule has 0 aliphatic heterocycles. The minimum atomic E-state index is 0.176. The van der Waals surface area contributed by atoms with Crippen LogP contribution in [0.5, 0.6) is 0 Å². The largest absolute Gasteiger partial charge is 0.335 e. The van der Waals surface area contributed by atoms with Crippen molar-refractivity contribution in [1.29, 1.82) is 0 Å². The summed E-state index contributed by atoms with van der Waals surface area (Å²) in [5.41, 5.74) is 1.92. The van der Waals surface area contributed by atoms with Gasteiger partial charge in [-0.3, -0.25) is 4.79 Å². The van der Waals surface area contributed by atoms with Crippen molar-refractivity contribution in [2.45, 2.75) is 39.7 Å². The number of hydrogen-bond donors (Lipinski definition) is 0. The molecule has 1 aromatic carbocycles. The average Bonchev–Trinajstić information content (AvgIpc) is 3.07. The Morgan fingerprint density at radius 3 is 2.56 bits per heavy atom. The Hall–Kier alpha value is -0.830. The SMILES string of the molecule is Cc1cc(Br)cc(C(=O)N(CC(C)C)C2CC2)c1. The van der Waals surface area contributed by atoms with E-state index in [1.54, 1.807) is 0 Å². The van der Waals surface area contributed by atoms with Crippen molar-refractivity contribution in [2.24, 2.45) is 5.92 Å². The predicted molar refractivity (Wildman–Crippen MR) is 77.8 cm³/mol. The molecule has 0 heterocycles. The Bertz CT molecular complexity index is 432.